The number of carbonyl (C=O) groups is 1. The Labute approximate surface area is 126 Å². The second-order valence-corrected chi connectivity index (χ2v) is 6.16. The Hall–Kier alpha value is -1.55. The van der Waals surface area contributed by atoms with Crippen LogP contribution in [0.15, 0.2) is 18.2 Å². The van der Waals surface area contributed by atoms with Crippen LogP contribution in [0.5, 0.6) is 5.75 Å². The lowest BCUT2D eigenvalue weighted by Crippen LogP contribution is -2.27. The second-order valence-electron chi connectivity index (χ2n) is 6.16. The summed E-state index contributed by atoms with van der Waals surface area (Å²) in [4.78, 5) is 10.5. The molecule has 1 aromatic carbocycles. The molecule has 1 saturated carbocycles. The highest BCUT2D eigenvalue weighted by atomic mass is 16.5. The molecule has 1 atom stereocenters. The third-order valence-electron chi connectivity index (χ3n) is 4.11. The minimum atomic E-state index is -0.873. The average Bonchev–Trinajstić information content (AvgIpc) is 3.26. The number of rotatable bonds is 8. The lowest BCUT2D eigenvalue weighted by atomic mass is 9.90. The summed E-state index contributed by atoms with van der Waals surface area (Å²) in [7, 11) is 0. The molecule has 21 heavy (non-hydrogen) atoms. The molecule has 4 heteroatoms. The molecular weight excluding hydrogens is 266 g/mol. The van der Waals surface area contributed by atoms with Crippen molar-refractivity contribution in [3.63, 3.8) is 0 Å². The maximum atomic E-state index is 10.5. The van der Waals surface area contributed by atoms with E-state index in [0.29, 0.717) is 11.8 Å². The Morgan fingerprint density at radius 1 is 1.33 bits per heavy atom. The topological polar surface area (TPSA) is 58.6 Å². The first-order valence-corrected chi connectivity index (χ1v) is 7.68. The highest BCUT2D eigenvalue weighted by Crippen LogP contribution is 2.46. The molecule has 116 valence electrons. The van der Waals surface area contributed by atoms with Gasteiger partial charge in [0.05, 0.1) is 6.54 Å². The van der Waals surface area contributed by atoms with Gasteiger partial charge in [0, 0.05) is 0 Å². The van der Waals surface area contributed by atoms with Crippen LogP contribution in [0.1, 0.15) is 56.6 Å². The minimum absolute atomic E-state index is 0.0860. The Balaban J connectivity index is 2.15. The summed E-state index contributed by atoms with van der Waals surface area (Å²) in [6.45, 7) is 6.70. The van der Waals surface area contributed by atoms with Crippen molar-refractivity contribution in [3.05, 3.63) is 29.3 Å². The third kappa shape index (κ3) is 4.21. The van der Waals surface area contributed by atoms with Gasteiger partial charge in [-0.1, -0.05) is 39.0 Å². The number of carboxylic acid groups (broad SMARTS) is 1. The van der Waals surface area contributed by atoms with Gasteiger partial charge in [0.15, 0.2) is 0 Å². The van der Waals surface area contributed by atoms with Crippen LogP contribution in [0.3, 0.4) is 0 Å². The van der Waals surface area contributed by atoms with E-state index in [9.17, 15) is 4.79 Å². The van der Waals surface area contributed by atoms with E-state index >= 15 is 0 Å². The zero-order valence-electron chi connectivity index (χ0n) is 13.1. The predicted octanol–water partition coefficient (Wildman–Crippen LogP) is 3.33. The molecule has 0 heterocycles. The number of aliphatic carboxylic acids is 1. The van der Waals surface area contributed by atoms with E-state index in [1.165, 1.54) is 24.0 Å². The van der Waals surface area contributed by atoms with Gasteiger partial charge in [0.1, 0.15) is 12.5 Å². The molecule has 0 aromatic heterocycles. The Morgan fingerprint density at radius 2 is 2.00 bits per heavy atom. The van der Waals surface area contributed by atoms with Gasteiger partial charge in [0.2, 0.25) is 0 Å². The number of hydrogen-bond acceptors (Lipinski definition) is 3. The number of ether oxygens (including phenoxy) is 1. The SMILES string of the molecule is CC(C)c1cccc([C@H](C)C2CC2)c1OCNCC(=O)O. The minimum Gasteiger partial charge on any atom is -0.480 e. The molecule has 0 amide bonds. The van der Waals surface area contributed by atoms with E-state index in [1.807, 2.05) is 0 Å². The van der Waals surface area contributed by atoms with Crippen LogP contribution in [0.2, 0.25) is 0 Å². The monoisotopic (exact) mass is 291 g/mol. The predicted molar refractivity (Wildman–Crippen MR) is 82.8 cm³/mol. The van der Waals surface area contributed by atoms with E-state index in [2.05, 4.69) is 44.3 Å². The van der Waals surface area contributed by atoms with Crippen molar-refractivity contribution in [2.24, 2.45) is 5.92 Å². The molecule has 0 saturated heterocycles. The van der Waals surface area contributed by atoms with Crippen molar-refractivity contribution in [3.8, 4) is 5.75 Å². The molecule has 1 aliphatic carbocycles. The number of carboxylic acids is 1. The molecule has 1 aromatic rings. The lowest BCUT2D eigenvalue weighted by molar-refractivity contribution is -0.136. The lowest BCUT2D eigenvalue weighted by Gasteiger charge is -2.21. The van der Waals surface area contributed by atoms with Crippen molar-refractivity contribution in [2.45, 2.75) is 45.4 Å². The largest absolute Gasteiger partial charge is 0.480 e. The molecule has 0 bridgehead atoms. The molecule has 1 fully saturated rings. The maximum Gasteiger partial charge on any atom is 0.317 e. The fourth-order valence-electron chi connectivity index (χ4n) is 2.68. The van der Waals surface area contributed by atoms with Gasteiger partial charge in [-0.25, -0.2) is 0 Å². The van der Waals surface area contributed by atoms with Gasteiger partial charge in [-0.05, 0) is 41.7 Å². The Morgan fingerprint density at radius 3 is 2.57 bits per heavy atom. The number of hydrogen-bond donors (Lipinski definition) is 2. The summed E-state index contributed by atoms with van der Waals surface area (Å²) < 4.78 is 5.90. The molecular formula is C17H25NO3. The van der Waals surface area contributed by atoms with Crippen LogP contribution < -0.4 is 10.1 Å². The van der Waals surface area contributed by atoms with Crippen LogP contribution in [0.4, 0.5) is 0 Å². The molecule has 0 aliphatic heterocycles. The summed E-state index contributed by atoms with van der Waals surface area (Å²) in [5, 5.41) is 11.4. The summed E-state index contributed by atoms with van der Waals surface area (Å²) in [5.74, 6) is 1.71. The molecule has 2 rings (SSSR count). The number of para-hydroxylation sites is 1. The third-order valence-corrected chi connectivity index (χ3v) is 4.11. The zero-order chi connectivity index (χ0) is 15.4. The average molecular weight is 291 g/mol. The van der Waals surface area contributed by atoms with E-state index < -0.39 is 5.97 Å². The van der Waals surface area contributed by atoms with Crippen LogP contribution in [-0.2, 0) is 4.79 Å². The summed E-state index contributed by atoms with van der Waals surface area (Å²) >= 11 is 0. The molecule has 1 aliphatic rings. The first-order valence-electron chi connectivity index (χ1n) is 7.68. The summed E-state index contributed by atoms with van der Waals surface area (Å²) in [5.41, 5.74) is 2.44. The van der Waals surface area contributed by atoms with Crippen molar-refractivity contribution >= 4 is 5.97 Å². The van der Waals surface area contributed by atoms with Crippen LogP contribution >= 0.6 is 0 Å². The van der Waals surface area contributed by atoms with E-state index in [4.69, 9.17) is 9.84 Å². The summed E-state index contributed by atoms with van der Waals surface area (Å²) in [6.07, 6.45) is 2.59. The standard InChI is InChI=1S/C17H25NO3/c1-11(2)14-5-4-6-15(12(3)13-7-8-13)17(14)21-10-18-9-16(19)20/h4-6,11-13,18H,7-10H2,1-3H3,(H,19,20)/t12-/m1/s1. The van der Waals surface area contributed by atoms with Gasteiger partial charge in [-0.2, -0.15) is 0 Å². The highest BCUT2D eigenvalue weighted by molar-refractivity contribution is 5.68. The van der Waals surface area contributed by atoms with Crippen LogP contribution in [0, 0.1) is 5.92 Å². The van der Waals surface area contributed by atoms with Crippen molar-refractivity contribution in [1.29, 1.82) is 0 Å². The molecule has 0 radical (unpaired) electrons. The molecule has 0 spiro atoms. The number of benzene rings is 1. The first kappa shape index (κ1) is 15.8. The van der Waals surface area contributed by atoms with E-state index in [0.717, 1.165) is 11.7 Å². The first-order chi connectivity index (χ1) is 10.0. The van der Waals surface area contributed by atoms with Gasteiger partial charge in [-0.3, -0.25) is 10.1 Å². The van der Waals surface area contributed by atoms with Gasteiger partial charge in [-0.15, -0.1) is 0 Å². The van der Waals surface area contributed by atoms with Crippen LogP contribution in [-0.4, -0.2) is 24.4 Å². The van der Waals surface area contributed by atoms with Crippen molar-refractivity contribution in [2.75, 3.05) is 13.3 Å². The van der Waals surface area contributed by atoms with E-state index in [-0.39, 0.29) is 13.3 Å². The van der Waals surface area contributed by atoms with Crippen molar-refractivity contribution < 1.29 is 14.6 Å². The van der Waals surface area contributed by atoms with Crippen molar-refractivity contribution in [1.82, 2.24) is 5.32 Å². The number of nitrogens with one attached hydrogen (secondary N) is 1. The van der Waals surface area contributed by atoms with Gasteiger partial charge < -0.3 is 9.84 Å². The Kier molecular flexibility index (Phi) is 5.23. The fourth-order valence-corrected chi connectivity index (χ4v) is 2.68. The van der Waals surface area contributed by atoms with Gasteiger partial charge in [0.25, 0.3) is 0 Å². The molecule has 4 nitrogen and oxygen atoms in total. The second kappa shape index (κ2) is 6.94. The molecule has 0 unspecified atom stereocenters. The fraction of sp³-hybridized carbons (Fsp3) is 0.588. The maximum absolute atomic E-state index is 10.5. The Bertz CT molecular complexity index is 495. The normalized spacial score (nSPS) is 16.0. The van der Waals surface area contributed by atoms with Gasteiger partial charge >= 0.3 is 5.97 Å². The summed E-state index contributed by atoms with van der Waals surface area (Å²) in [6, 6.07) is 6.34. The van der Waals surface area contributed by atoms with Crippen LogP contribution in [0.25, 0.3) is 0 Å². The highest BCUT2D eigenvalue weighted by Gasteiger charge is 2.31. The van der Waals surface area contributed by atoms with E-state index in [1.54, 1.807) is 0 Å². The molecule has 2 N–H and O–H groups in total. The smallest absolute Gasteiger partial charge is 0.317 e. The zero-order valence-corrected chi connectivity index (χ0v) is 13.1. The quantitative estimate of drug-likeness (QED) is 0.570.